The van der Waals surface area contributed by atoms with E-state index in [0.717, 1.165) is 4.57 Å². The van der Waals surface area contributed by atoms with Gasteiger partial charge in [0.15, 0.2) is 0 Å². The first-order chi connectivity index (χ1) is 15.1. The average Bonchev–Trinajstić information content (AvgIpc) is 3.10. The fraction of sp³-hybridized carbons (Fsp3) is 0.500. The second-order valence-electron chi connectivity index (χ2n) is 7.87. The first kappa shape index (κ1) is 24.5. The molecule has 0 aliphatic carbocycles. The number of nitrogens with one attached hydrogen (secondary N) is 1. The SMILES string of the molecule is CC(C)[C@@H](OCc1cn([C@H]2CC(O)[C@@H](CO)O2)c(=O)[nH]c1=O)c1ccc(I)cc1[N+](=O)[O-]. The second-order valence-corrected chi connectivity index (χ2v) is 9.12. The highest BCUT2D eigenvalue weighted by atomic mass is 127. The van der Waals surface area contributed by atoms with E-state index in [1.807, 2.05) is 36.4 Å². The van der Waals surface area contributed by atoms with Gasteiger partial charge in [-0.05, 0) is 40.6 Å². The maximum Gasteiger partial charge on any atom is 0.330 e. The van der Waals surface area contributed by atoms with Crippen LogP contribution in [-0.2, 0) is 16.1 Å². The molecule has 174 valence electrons. The van der Waals surface area contributed by atoms with Crippen LogP contribution in [0.15, 0.2) is 34.0 Å². The Morgan fingerprint density at radius 2 is 2.12 bits per heavy atom. The van der Waals surface area contributed by atoms with Gasteiger partial charge in [-0.2, -0.15) is 0 Å². The Hall–Kier alpha value is -2.13. The molecule has 0 saturated carbocycles. The number of hydrogen-bond donors (Lipinski definition) is 3. The standard InChI is InChI=1S/C20H24IN3O8/c1-10(2)18(13-4-3-12(21)5-14(13)24(29)30)31-9-11-7-23(20(28)22-19(11)27)17-6-15(26)16(8-25)32-17/h3-5,7,10,15-18,25-26H,6,8-9H2,1-2H3,(H,22,27,28)/t15?,16-,17-,18-/m1/s1. The number of halogens is 1. The summed E-state index contributed by atoms with van der Waals surface area (Å²) in [4.78, 5) is 37.9. The Morgan fingerprint density at radius 1 is 1.41 bits per heavy atom. The number of nitro benzene ring substituents is 1. The first-order valence-corrected chi connectivity index (χ1v) is 11.0. The molecular formula is C20H24IN3O8. The Bertz CT molecular complexity index is 1100. The van der Waals surface area contributed by atoms with E-state index < -0.39 is 47.3 Å². The molecule has 1 aromatic carbocycles. The number of aliphatic hydroxyl groups is 2. The molecule has 0 bridgehead atoms. The van der Waals surface area contributed by atoms with Crippen molar-refractivity contribution < 1.29 is 24.6 Å². The highest BCUT2D eigenvalue weighted by Crippen LogP contribution is 2.34. The minimum atomic E-state index is -0.949. The van der Waals surface area contributed by atoms with Crippen molar-refractivity contribution >= 4 is 28.3 Å². The zero-order valence-corrected chi connectivity index (χ0v) is 19.6. The molecule has 0 radical (unpaired) electrons. The summed E-state index contributed by atoms with van der Waals surface area (Å²) >= 11 is 1.99. The lowest BCUT2D eigenvalue weighted by atomic mass is 9.97. The van der Waals surface area contributed by atoms with Gasteiger partial charge in [0, 0.05) is 22.3 Å². The van der Waals surface area contributed by atoms with Crippen LogP contribution in [0.2, 0.25) is 0 Å². The Morgan fingerprint density at radius 3 is 2.72 bits per heavy atom. The Kier molecular flexibility index (Phi) is 7.82. The predicted molar refractivity (Wildman–Crippen MR) is 121 cm³/mol. The number of nitro groups is 1. The topological polar surface area (TPSA) is 157 Å². The highest BCUT2D eigenvalue weighted by molar-refractivity contribution is 14.1. The summed E-state index contributed by atoms with van der Waals surface area (Å²) in [6.45, 7) is 3.08. The number of rotatable bonds is 8. The smallest absolute Gasteiger partial charge is 0.330 e. The van der Waals surface area contributed by atoms with Crippen LogP contribution in [-0.4, -0.2) is 43.5 Å². The lowest BCUT2D eigenvalue weighted by Crippen LogP contribution is -2.34. The molecule has 1 saturated heterocycles. The normalized spacial score (nSPS) is 21.8. The summed E-state index contributed by atoms with van der Waals surface area (Å²) in [5.41, 5.74) is -0.929. The molecule has 1 unspecified atom stereocenters. The molecule has 32 heavy (non-hydrogen) atoms. The molecule has 3 rings (SSSR count). The molecule has 2 heterocycles. The Balaban J connectivity index is 1.88. The summed E-state index contributed by atoms with van der Waals surface area (Å²) in [5, 5.41) is 30.7. The van der Waals surface area contributed by atoms with Crippen molar-refractivity contribution in [3.63, 3.8) is 0 Å². The highest BCUT2D eigenvalue weighted by Gasteiger charge is 2.35. The maximum atomic E-state index is 12.3. The summed E-state index contributed by atoms with van der Waals surface area (Å²) in [5.74, 6) is -0.141. The summed E-state index contributed by atoms with van der Waals surface area (Å²) in [6.07, 6.45) is -1.95. The van der Waals surface area contributed by atoms with Crippen molar-refractivity contribution in [1.29, 1.82) is 0 Å². The molecule has 11 nitrogen and oxygen atoms in total. The zero-order valence-electron chi connectivity index (χ0n) is 17.4. The van der Waals surface area contributed by atoms with Crippen LogP contribution >= 0.6 is 22.6 Å². The predicted octanol–water partition coefficient (Wildman–Crippen LogP) is 1.60. The van der Waals surface area contributed by atoms with Crippen molar-refractivity contribution in [3.8, 4) is 0 Å². The molecule has 1 fully saturated rings. The Labute approximate surface area is 196 Å². The van der Waals surface area contributed by atoms with Crippen LogP contribution in [0.4, 0.5) is 5.69 Å². The van der Waals surface area contributed by atoms with Crippen LogP contribution in [0.25, 0.3) is 0 Å². The fourth-order valence-corrected chi connectivity index (χ4v) is 4.11. The molecule has 3 N–H and O–H groups in total. The van der Waals surface area contributed by atoms with Crippen LogP contribution in [0.3, 0.4) is 0 Å². The largest absolute Gasteiger partial charge is 0.394 e. The van der Waals surface area contributed by atoms with E-state index >= 15 is 0 Å². The van der Waals surface area contributed by atoms with Crippen LogP contribution in [0, 0.1) is 19.6 Å². The fourth-order valence-electron chi connectivity index (χ4n) is 3.63. The number of ether oxygens (including phenoxy) is 2. The molecular weight excluding hydrogens is 537 g/mol. The van der Waals surface area contributed by atoms with Gasteiger partial charge in [-0.15, -0.1) is 0 Å². The van der Waals surface area contributed by atoms with E-state index in [1.54, 1.807) is 12.1 Å². The van der Waals surface area contributed by atoms with E-state index in [-0.39, 0.29) is 30.2 Å². The molecule has 12 heteroatoms. The van der Waals surface area contributed by atoms with E-state index in [4.69, 9.17) is 9.47 Å². The number of aromatic nitrogens is 2. The number of aliphatic hydroxyl groups excluding tert-OH is 2. The van der Waals surface area contributed by atoms with Crippen LogP contribution in [0.1, 0.15) is 43.7 Å². The average molecular weight is 561 g/mol. The molecule has 0 amide bonds. The van der Waals surface area contributed by atoms with Gasteiger partial charge < -0.3 is 19.7 Å². The lowest BCUT2D eigenvalue weighted by molar-refractivity contribution is -0.386. The van der Waals surface area contributed by atoms with Gasteiger partial charge in [-0.25, -0.2) is 4.79 Å². The van der Waals surface area contributed by atoms with Crippen LogP contribution in [0.5, 0.6) is 0 Å². The van der Waals surface area contributed by atoms with Crippen molar-refractivity contribution in [1.82, 2.24) is 9.55 Å². The van der Waals surface area contributed by atoms with Gasteiger partial charge in [-0.3, -0.25) is 24.5 Å². The molecule has 1 aliphatic heterocycles. The first-order valence-electron chi connectivity index (χ1n) is 9.96. The summed E-state index contributed by atoms with van der Waals surface area (Å²) in [7, 11) is 0. The minimum Gasteiger partial charge on any atom is -0.394 e. The van der Waals surface area contributed by atoms with E-state index in [0.29, 0.717) is 9.13 Å². The minimum absolute atomic E-state index is 0.0704. The van der Waals surface area contributed by atoms with Gasteiger partial charge in [0.1, 0.15) is 12.3 Å². The third-order valence-corrected chi connectivity index (χ3v) is 5.93. The second kappa shape index (κ2) is 10.2. The number of benzene rings is 1. The number of hydrogen-bond acceptors (Lipinski definition) is 8. The number of aromatic amines is 1. The monoisotopic (exact) mass is 561 g/mol. The van der Waals surface area contributed by atoms with E-state index in [9.17, 15) is 29.9 Å². The van der Waals surface area contributed by atoms with Crippen molar-refractivity contribution in [3.05, 3.63) is 70.0 Å². The summed E-state index contributed by atoms with van der Waals surface area (Å²) in [6, 6.07) is 4.84. The molecule has 1 aliphatic rings. The van der Waals surface area contributed by atoms with Gasteiger partial charge in [-0.1, -0.05) is 13.8 Å². The summed E-state index contributed by atoms with van der Waals surface area (Å²) < 4.78 is 13.3. The third-order valence-electron chi connectivity index (χ3n) is 5.26. The van der Waals surface area contributed by atoms with Gasteiger partial charge in [0.05, 0.1) is 41.5 Å². The lowest BCUT2D eigenvalue weighted by Gasteiger charge is -2.22. The van der Waals surface area contributed by atoms with E-state index in [1.165, 1.54) is 12.3 Å². The van der Waals surface area contributed by atoms with Crippen molar-refractivity contribution in [2.75, 3.05) is 6.61 Å². The molecule has 0 spiro atoms. The number of nitrogens with zero attached hydrogens (tertiary/aromatic N) is 2. The van der Waals surface area contributed by atoms with Gasteiger partial charge >= 0.3 is 5.69 Å². The van der Waals surface area contributed by atoms with E-state index in [2.05, 4.69) is 4.98 Å². The van der Waals surface area contributed by atoms with Crippen LogP contribution < -0.4 is 11.2 Å². The molecule has 1 aromatic heterocycles. The van der Waals surface area contributed by atoms with Crippen molar-refractivity contribution in [2.24, 2.45) is 5.92 Å². The third kappa shape index (κ3) is 5.26. The maximum absolute atomic E-state index is 12.3. The molecule has 2 aromatic rings. The zero-order chi connectivity index (χ0) is 23.6. The van der Waals surface area contributed by atoms with Crippen molar-refractivity contribution in [2.45, 2.75) is 51.4 Å². The quantitative estimate of drug-likeness (QED) is 0.249. The van der Waals surface area contributed by atoms with Gasteiger partial charge in [0.2, 0.25) is 0 Å². The van der Waals surface area contributed by atoms with Gasteiger partial charge in [0.25, 0.3) is 11.2 Å². The number of H-pyrrole nitrogens is 1. The molecule has 4 atom stereocenters.